The lowest BCUT2D eigenvalue weighted by atomic mass is 10.1. The first-order valence-electron chi connectivity index (χ1n) is 10.2. The number of piperidine rings is 1. The third-order valence-electron chi connectivity index (χ3n) is 5.29. The van der Waals surface area contributed by atoms with Crippen LogP contribution >= 0.6 is 0 Å². The number of carbonyl (C=O) groups excluding carboxylic acids is 1. The number of likely N-dealkylation sites (tertiary alicyclic amines) is 1. The summed E-state index contributed by atoms with van der Waals surface area (Å²) in [6, 6.07) is 9.85. The van der Waals surface area contributed by atoms with Crippen LogP contribution in [-0.2, 0) is 0 Å². The van der Waals surface area contributed by atoms with Crippen molar-refractivity contribution in [2.24, 2.45) is 0 Å². The number of hydrogen-bond acceptors (Lipinski definition) is 3. The lowest BCUT2D eigenvalue weighted by molar-refractivity contribution is 0.0951. The number of nitrogens with zero attached hydrogens (tertiary/aromatic N) is 4. The highest BCUT2D eigenvalue weighted by Gasteiger charge is 2.20. The summed E-state index contributed by atoms with van der Waals surface area (Å²) in [5.41, 5.74) is 1.18. The van der Waals surface area contributed by atoms with Gasteiger partial charge in [-0.15, -0.1) is 0 Å². The molecule has 29 heavy (non-hydrogen) atoms. The van der Waals surface area contributed by atoms with Gasteiger partial charge in [0.2, 0.25) is 0 Å². The first kappa shape index (κ1) is 19.4. The fraction of sp³-hybridized carbons (Fsp3) is 0.364. The SMILES string of the molecule is O=C(NCCCN1CCCCC1)c1cnn(-c2ccc(F)cc2)c1-n1cccc1. The Balaban J connectivity index is 1.47. The van der Waals surface area contributed by atoms with Gasteiger partial charge in [-0.2, -0.15) is 5.10 Å². The smallest absolute Gasteiger partial charge is 0.256 e. The van der Waals surface area contributed by atoms with E-state index < -0.39 is 0 Å². The lowest BCUT2D eigenvalue weighted by Gasteiger charge is -2.26. The van der Waals surface area contributed by atoms with Crippen LogP contribution in [0, 0.1) is 5.82 Å². The zero-order valence-electron chi connectivity index (χ0n) is 16.4. The minimum atomic E-state index is -0.310. The number of amides is 1. The van der Waals surface area contributed by atoms with E-state index in [0.717, 1.165) is 26.1 Å². The molecule has 0 atom stereocenters. The molecular formula is C22H26FN5O. The van der Waals surface area contributed by atoms with Crippen LogP contribution < -0.4 is 5.32 Å². The van der Waals surface area contributed by atoms with Crippen molar-refractivity contribution in [2.45, 2.75) is 25.7 Å². The molecule has 3 heterocycles. The molecule has 0 aliphatic carbocycles. The predicted molar refractivity (Wildman–Crippen MR) is 110 cm³/mol. The Labute approximate surface area is 169 Å². The number of rotatable bonds is 7. The van der Waals surface area contributed by atoms with E-state index in [9.17, 15) is 9.18 Å². The van der Waals surface area contributed by atoms with E-state index in [1.165, 1.54) is 31.4 Å². The lowest BCUT2D eigenvalue weighted by Crippen LogP contribution is -2.33. The van der Waals surface area contributed by atoms with E-state index in [0.29, 0.717) is 23.6 Å². The van der Waals surface area contributed by atoms with Crippen molar-refractivity contribution in [3.05, 3.63) is 66.4 Å². The normalized spacial score (nSPS) is 14.8. The second-order valence-corrected chi connectivity index (χ2v) is 7.37. The molecular weight excluding hydrogens is 369 g/mol. The fourth-order valence-electron chi connectivity index (χ4n) is 3.78. The maximum Gasteiger partial charge on any atom is 0.256 e. The summed E-state index contributed by atoms with van der Waals surface area (Å²) in [5.74, 6) is 0.172. The second-order valence-electron chi connectivity index (χ2n) is 7.37. The topological polar surface area (TPSA) is 55.1 Å². The Morgan fingerprint density at radius 1 is 1.07 bits per heavy atom. The van der Waals surface area contributed by atoms with Crippen LogP contribution in [0.2, 0.25) is 0 Å². The molecule has 0 radical (unpaired) electrons. The van der Waals surface area contributed by atoms with E-state index in [1.807, 2.05) is 29.1 Å². The third kappa shape index (κ3) is 4.56. The van der Waals surface area contributed by atoms with Gasteiger partial charge in [-0.05, 0) is 75.3 Å². The van der Waals surface area contributed by atoms with Crippen LogP contribution in [0.15, 0.2) is 55.0 Å². The van der Waals surface area contributed by atoms with Crippen molar-refractivity contribution in [2.75, 3.05) is 26.2 Å². The predicted octanol–water partition coefficient (Wildman–Crippen LogP) is 3.41. The summed E-state index contributed by atoms with van der Waals surface area (Å²) in [6.07, 6.45) is 10.1. The van der Waals surface area contributed by atoms with Gasteiger partial charge in [-0.25, -0.2) is 9.07 Å². The van der Waals surface area contributed by atoms with Gasteiger partial charge in [0.05, 0.1) is 11.9 Å². The molecule has 152 valence electrons. The molecule has 1 aromatic carbocycles. The molecule has 0 saturated carbocycles. The Morgan fingerprint density at radius 2 is 1.79 bits per heavy atom. The molecule has 1 amide bonds. The summed E-state index contributed by atoms with van der Waals surface area (Å²) < 4.78 is 16.8. The number of carbonyl (C=O) groups is 1. The van der Waals surface area contributed by atoms with Crippen LogP contribution in [-0.4, -0.2) is 51.3 Å². The van der Waals surface area contributed by atoms with E-state index >= 15 is 0 Å². The molecule has 2 aromatic heterocycles. The van der Waals surface area contributed by atoms with E-state index in [-0.39, 0.29) is 11.7 Å². The number of halogens is 1. The first-order chi connectivity index (χ1) is 14.2. The maximum atomic E-state index is 13.3. The van der Waals surface area contributed by atoms with Crippen molar-refractivity contribution in [3.8, 4) is 11.5 Å². The second kappa shape index (κ2) is 9.05. The average Bonchev–Trinajstić information content (AvgIpc) is 3.42. The average molecular weight is 395 g/mol. The molecule has 1 saturated heterocycles. The first-order valence-corrected chi connectivity index (χ1v) is 10.2. The Kier molecular flexibility index (Phi) is 6.05. The van der Waals surface area contributed by atoms with Gasteiger partial charge < -0.3 is 14.8 Å². The Hall–Kier alpha value is -2.93. The van der Waals surface area contributed by atoms with Crippen LogP contribution in [0.25, 0.3) is 11.5 Å². The number of nitrogens with one attached hydrogen (secondary N) is 1. The van der Waals surface area contributed by atoms with Crippen LogP contribution in [0.4, 0.5) is 4.39 Å². The molecule has 7 heteroatoms. The standard InChI is InChI=1S/C22H26FN5O/c23-18-7-9-19(10-8-18)28-22(27-15-4-5-16-27)20(17-25-28)21(29)24-11-6-14-26-12-2-1-3-13-26/h4-5,7-10,15-17H,1-3,6,11-14H2,(H,24,29). The monoisotopic (exact) mass is 395 g/mol. The number of benzene rings is 1. The van der Waals surface area contributed by atoms with Crippen molar-refractivity contribution in [1.82, 2.24) is 24.6 Å². The molecule has 1 N–H and O–H groups in total. The zero-order valence-corrected chi connectivity index (χ0v) is 16.4. The van der Waals surface area contributed by atoms with Gasteiger partial charge in [0.25, 0.3) is 5.91 Å². The Morgan fingerprint density at radius 3 is 2.52 bits per heavy atom. The van der Waals surface area contributed by atoms with Crippen LogP contribution in [0.3, 0.4) is 0 Å². The quantitative estimate of drug-likeness (QED) is 0.624. The van der Waals surface area contributed by atoms with Crippen molar-refractivity contribution >= 4 is 5.91 Å². The van der Waals surface area contributed by atoms with Gasteiger partial charge >= 0.3 is 0 Å². The number of aromatic nitrogens is 3. The van der Waals surface area contributed by atoms with Gasteiger partial charge in [-0.3, -0.25) is 4.79 Å². The maximum absolute atomic E-state index is 13.3. The zero-order chi connectivity index (χ0) is 20.1. The van der Waals surface area contributed by atoms with Gasteiger partial charge in [0, 0.05) is 18.9 Å². The van der Waals surface area contributed by atoms with Crippen molar-refractivity contribution < 1.29 is 9.18 Å². The van der Waals surface area contributed by atoms with Crippen molar-refractivity contribution in [3.63, 3.8) is 0 Å². The molecule has 4 rings (SSSR count). The third-order valence-corrected chi connectivity index (χ3v) is 5.29. The molecule has 3 aromatic rings. The molecule has 1 aliphatic heterocycles. The Bertz CT molecular complexity index is 927. The summed E-state index contributed by atoms with van der Waals surface area (Å²) in [5, 5.41) is 7.42. The highest BCUT2D eigenvalue weighted by molar-refractivity contribution is 5.97. The fourth-order valence-corrected chi connectivity index (χ4v) is 3.78. The highest BCUT2D eigenvalue weighted by atomic mass is 19.1. The highest BCUT2D eigenvalue weighted by Crippen LogP contribution is 2.20. The molecule has 0 spiro atoms. The van der Waals surface area contributed by atoms with Crippen molar-refractivity contribution in [1.29, 1.82) is 0 Å². The summed E-state index contributed by atoms with van der Waals surface area (Å²) >= 11 is 0. The minimum Gasteiger partial charge on any atom is -0.352 e. The molecule has 6 nitrogen and oxygen atoms in total. The number of hydrogen-bond donors (Lipinski definition) is 1. The summed E-state index contributed by atoms with van der Waals surface area (Å²) in [6.45, 7) is 3.97. The summed E-state index contributed by atoms with van der Waals surface area (Å²) in [4.78, 5) is 15.3. The largest absolute Gasteiger partial charge is 0.352 e. The van der Waals surface area contributed by atoms with E-state index in [1.54, 1.807) is 23.0 Å². The van der Waals surface area contributed by atoms with Gasteiger partial charge in [0.15, 0.2) is 5.82 Å². The van der Waals surface area contributed by atoms with Crippen LogP contribution in [0.5, 0.6) is 0 Å². The van der Waals surface area contributed by atoms with Crippen LogP contribution in [0.1, 0.15) is 36.0 Å². The van der Waals surface area contributed by atoms with E-state index in [4.69, 9.17) is 0 Å². The molecule has 0 bridgehead atoms. The molecule has 1 fully saturated rings. The summed E-state index contributed by atoms with van der Waals surface area (Å²) in [7, 11) is 0. The van der Waals surface area contributed by atoms with Gasteiger partial charge in [0.1, 0.15) is 11.4 Å². The minimum absolute atomic E-state index is 0.152. The van der Waals surface area contributed by atoms with Gasteiger partial charge in [-0.1, -0.05) is 6.42 Å². The van der Waals surface area contributed by atoms with E-state index in [2.05, 4.69) is 15.3 Å². The molecule has 0 unspecified atom stereocenters. The molecule has 1 aliphatic rings.